The number of sulfone groups is 1. The lowest BCUT2D eigenvalue weighted by atomic mass is 9.96. The molecule has 0 aliphatic carbocycles. The predicted molar refractivity (Wildman–Crippen MR) is 99.7 cm³/mol. The SMILES string of the molecule is CS(=O)(=O)Cc1ccc(N2CCC(CNC(=O)C3CCOC3)CC2)nc1. The molecule has 0 saturated carbocycles. The van der Waals surface area contributed by atoms with Gasteiger partial charge in [0.1, 0.15) is 5.82 Å². The molecule has 1 amide bonds. The number of amides is 1. The molecule has 8 heteroatoms. The Hall–Kier alpha value is -1.67. The predicted octanol–water partition coefficient (Wildman–Crippen LogP) is 0.995. The number of carbonyl (C=O) groups is 1. The van der Waals surface area contributed by atoms with Crippen molar-refractivity contribution < 1.29 is 17.9 Å². The number of hydrogen-bond acceptors (Lipinski definition) is 6. The maximum absolute atomic E-state index is 12.1. The number of hydrogen-bond donors (Lipinski definition) is 1. The summed E-state index contributed by atoms with van der Waals surface area (Å²) in [4.78, 5) is 18.7. The number of piperidine rings is 1. The van der Waals surface area contributed by atoms with Gasteiger partial charge in [0, 0.05) is 38.7 Å². The summed E-state index contributed by atoms with van der Waals surface area (Å²) in [6.45, 7) is 3.75. The second-order valence-corrected chi connectivity index (χ2v) is 9.47. The molecule has 26 heavy (non-hydrogen) atoms. The number of anilines is 1. The van der Waals surface area contributed by atoms with Crippen LogP contribution in [0.2, 0.25) is 0 Å². The van der Waals surface area contributed by atoms with Crippen molar-refractivity contribution in [3.8, 4) is 0 Å². The van der Waals surface area contributed by atoms with Crippen LogP contribution in [0.25, 0.3) is 0 Å². The van der Waals surface area contributed by atoms with Crippen molar-refractivity contribution in [2.45, 2.75) is 25.0 Å². The lowest BCUT2D eigenvalue weighted by Crippen LogP contribution is -2.40. The molecule has 0 spiro atoms. The van der Waals surface area contributed by atoms with Gasteiger partial charge in [0.05, 0.1) is 18.3 Å². The highest BCUT2D eigenvalue weighted by Crippen LogP contribution is 2.22. The summed E-state index contributed by atoms with van der Waals surface area (Å²) < 4.78 is 27.9. The van der Waals surface area contributed by atoms with E-state index in [-0.39, 0.29) is 17.6 Å². The summed E-state index contributed by atoms with van der Waals surface area (Å²) in [7, 11) is -3.04. The topological polar surface area (TPSA) is 88.6 Å². The highest BCUT2D eigenvalue weighted by atomic mass is 32.2. The molecular weight excluding hydrogens is 354 g/mol. The molecule has 144 valence electrons. The van der Waals surface area contributed by atoms with Crippen LogP contribution >= 0.6 is 0 Å². The standard InChI is InChI=1S/C18H27N3O4S/c1-26(23,24)13-15-2-3-17(19-11-15)21-7-4-14(5-8-21)10-20-18(22)16-6-9-25-12-16/h2-3,11,14,16H,4-10,12-13H2,1H3,(H,20,22). The Morgan fingerprint density at radius 1 is 1.31 bits per heavy atom. The van der Waals surface area contributed by atoms with Gasteiger partial charge in [0.25, 0.3) is 0 Å². The first kappa shape index (κ1) is 19.1. The maximum Gasteiger partial charge on any atom is 0.225 e. The number of nitrogens with zero attached hydrogens (tertiary/aromatic N) is 2. The summed E-state index contributed by atoms with van der Waals surface area (Å²) in [6.07, 6.45) is 5.71. The van der Waals surface area contributed by atoms with Gasteiger partial charge in [0.2, 0.25) is 5.91 Å². The van der Waals surface area contributed by atoms with Crippen molar-refractivity contribution in [3.63, 3.8) is 0 Å². The van der Waals surface area contributed by atoms with Gasteiger partial charge in [-0.05, 0) is 36.8 Å². The highest BCUT2D eigenvalue weighted by molar-refractivity contribution is 7.89. The summed E-state index contributed by atoms with van der Waals surface area (Å²) in [5, 5.41) is 3.07. The first-order valence-corrected chi connectivity index (χ1v) is 11.2. The Bertz CT molecular complexity index is 706. The number of ether oxygens (including phenoxy) is 1. The Morgan fingerprint density at radius 2 is 2.08 bits per heavy atom. The molecule has 3 rings (SSSR count). The number of rotatable bonds is 6. The molecule has 7 nitrogen and oxygen atoms in total. The smallest absolute Gasteiger partial charge is 0.225 e. The van der Waals surface area contributed by atoms with Gasteiger partial charge in [-0.25, -0.2) is 13.4 Å². The van der Waals surface area contributed by atoms with E-state index in [1.165, 1.54) is 6.26 Å². The van der Waals surface area contributed by atoms with Gasteiger partial charge in [-0.15, -0.1) is 0 Å². The van der Waals surface area contributed by atoms with E-state index in [9.17, 15) is 13.2 Å². The molecule has 2 aliphatic heterocycles. The van der Waals surface area contributed by atoms with Crippen molar-refractivity contribution in [2.24, 2.45) is 11.8 Å². The summed E-state index contributed by atoms with van der Waals surface area (Å²) in [5.41, 5.74) is 0.713. The fourth-order valence-electron chi connectivity index (χ4n) is 3.49. The molecule has 2 saturated heterocycles. The third-order valence-electron chi connectivity index (χ3n) is 5.04. The third-order valence-corrected chi connectivity index (χ3v) is 5.90. The minimum absolute atomic E-state index is 0.0183. The van der Waals surface area contributed by atoms with E-state index in [0.29, 0.717) is 24.7 Å². The molecule has 0 bridgehead atoms. The van der Waals surface area contributed by atoms with Gasteiger partial charge in [-0.1, -0.05) is 6.07 Å². The lowest BCUT2D eigenvalue weighted by Gasteiger charge is -2.33. The molecule has 1 N–H and O–H groups in total. The third kappa shape index (κ3) is 5.41. The van der Waals surface area contributed by atoms with Crippen molar-refractivity contribution in [2.75, 3.05) is 44.0 Å². The zero-order valence-electron chi connectivity index (χ0n) is 15.2. The van der Waals surface area contributed by atoms with E-state index in [1.54, 1.807) is 6.20 Å². The average Bonchev–Trinajstić information content (AvgIpc) is 3.14. The van der Waals surface area contributed by atoms with Crippen LogP contribution in [0.5, 0.6) is 0 Å². The number of carbonyl (C=O) groups excluding carboxylic acids is 1. The average molecular weight is 381 g/mol. The molecule has 1 aromatic rings. The van der Waals surface area contributed by atoms with Crippen LogP contribution in [0.3, 0.4) is 0 Å². The first-order chi connectivity index (χ1) is 12.4. The minimum atomic E-state index is -3.04. The molecule has 1 atom stereocenters. The molecule has 3 heterocycles. The second-order valence-electron chi connectivity index (χ2n) is 7.33. The fraction of sp³-hybridized carbons (Fsp3) is 0.667. The van der Waals surface area contributed by atoms with E-state index < -0.39 is 9.84 Å². The first-order valence-electron chi connectivity index (χ1n) is 9.14. The van der Waals surface area contributed by atoms with Gasteiger partial charge in [0.15, 0.2) is 9.84 Å². The highest BCUT2D eigenvalue weighted by Gasteiger charge is 2.25. The van der Waals surface area contributed by atoms with E-state index in [1.807, 2.05) is 12.1 Å². The van der Waals surface area contributed by atoms with Crippen molar-refractivity contribution in [1.82, 2.24) is 10.3 Å². The lowest BCUT2D eigenvalue weighted by molar-refractivity contribution is -0.125. The van der Waals surface area contributed by atoms with E-state index in [0.717, 1.165) is 44.7 Å². The van der Waals surface area contributed by atoms with Gasteiger partial charge in [-0.3, -0.25) is 4.79 Å². The van der Waals surface area contributed by atoms with Crippen LogP contribution < -0.4 is 10.2 Å². The van der Waals surface area contributed by atoms with E-state index >= 15 is 0 Å². The van der Waals surface area contributed by atoms with Crippen LogP contribution in [0.4, 0.5) is 5.82 Å². The van der Waals surface area contributed by atoms with Gasteiger partial charge < -0.3 is 15.0 Å². The largest absolute Gasteiger partial charge is 0.381 e. The van der Waals surface area contributed by atoms with Crippen LogP contribution in [0.15, 0.2) is 18.3 Å². The number of nitrogens with one attached hydrogen (secondary N) is 1. The van der Waals surface area contributed by atoms with E-state index in [4.69, 9.17) is 4.74 Å². The van der Waals surface area contributed by atoms with Gasteiger partial charge >= 0.3 is 0 Å². The Labute approximate surface area is 155 Å². The molecular formula is C18H27N3O4S. The summed E-state index contributed by atoms with van der Waals surface area (Å²) in [6, 6.07) is 3.72. The molecule has 0 aromatic carbocycles. The Balaban J connectivity index is 1.43. The zero-order chi connectivity index (χ0) is 18.6. The quantitative estimate of drug-likeness (QED) is 0.791. The second kappa shape index (κ2) is 8.35. The normalized spacial score (nSPS) is 21.7. The van der Waals surface area contributed by atoms with Crippen molar-refractivity contribution >= 4 is 21.6 Å². The van der Waals surface area contributed by atoms with Crippen LogP contribution in [-0.4, -0.2) is 58.4 Å². The van der Waals surface area contributed by atoms with Crippen LogP contribution in [-0.2, 0) is 25.1 Å². The van der Waals surface area contributed by atoms with Crippen LogP contribution in [0.1, 0.15) is 24.8 Å². The molecule has 2 aliphatic rings. The maximum atomic E-state index is 12.1. The monoisotopic (exact) mass is 381 g/mol. The summed E-state index contributed by atoms with van der Waals surface area (Å²) in [5.74, 6) is 1.53. The minimum Gasteiger partial charge on any atom is -0.381 e. The molecule has 1 unspecified atom stereocenters. The molecule has 2 fully saturated rings. The van der Waals surface area contributed by atoms with E-state index in [2.05, 4.69) is 15.2 Å². The van der Waals surface area contributed by atoms with Gasteiger partial charge in [-0.2, -0.15) is 0 Å². The Kier molecular flexibility index (Phi) is 6.13. The van der Waals surface area contributed by atoms with Crippen molar-refractivity contribution in [1.29, 1.82) is 0 Å². The Morgan fingerprint density at radius 3 is 2.65 bits per heavy atom. The number of aromatic nitrogens is 1. The zero-order valence-corrected chi connectivity index (χ0v) is 16.0. The van der Waals surface area contributed by atoms with Crippen LogP contribution in [0, 0.1) is 11.8 Å². The molecule has 0 radical (unpaired) electrons. The fourth-order valence-corrected chi connectivity index (χ4v) is 4.26. The number of pyridine rings is 1. The van der Waals surface area contributed by atoms with Crippen molar-refractivity contribution in [3.05, 3.63) is 23.9 Å². The molecule has 1 aromatic heterocycles. The summed E-state index contributed by atoms with van der Waals surface area (Å²) >= 11 is 0.